The zero-order chi connectivity index (χ0) is 17.4. The maximum absolute atomic E-state index is 13.4. The average Bonchev–Trinajstić information content (AvgIpc) is 2.93. The molecule has 2 N–H and O–H groups in total. The second-order valence-electron chi connectivity index (χ2n) is 6.22. The Hall–Kier alpha value is -2.89. The predicted molar refractivity (Wildman–Crippen MR) is 90.4 cm³/mol. The second-order valence-corrected chi connectivity index (χ2v) is 6.22. The third-order valence-corrected chi connectivity index (χ3v) is 4.49. The number of aromatic amines is 1. The summed E-state index contributed by atoms with van der Waals surface area (Å²) in [6.45, 7) is 0. The summed E-state index contributed by atoms with van der Waals surface area (Å²) in [7, 11) is 0. The molecule has 0 saturated heterocycles. The van der Waals surface area contributed by atoms with Crippen LogP contribution in [-0.2, 0) is 4.79 Å². The van der Waals surface area contributed by atoms with Gasteiger partial charge in [-0.25, -0.2) is 8.78 Å². The number of aromatic nitrogens is 1. The van der Waals surface area contributed by atoms with Crippen LogP contribution in [0.4, 0.5) is 14.5 Å². The van der Waals surface area contributed by atoms with Crippen molar-refractivity contribution in [3.63, 3.8) is 0 Å². The quantitative estimate of drug-likeness (QED) is 0.745. The van der Waals surface area contributed by atoms with E-state index in [2.05, 4.69) is 10.3 Å². The molecule has 4 rings (SSSR count). The summed E-state index contributed by atoms with van der Waals surface area (Å²) in [5.41, 5.74) is 0.888. The van der Waals surface area contributed by atoms with Crippen LogP contribution in [-0.4, -0.2) is 17.0 Å². The smallest absolute Gasteiger partial charge is 0.227 e. The number of carbonyl (C=O) groups excluding carboxylic acids is 1. The van der Waals surface area contributed by atoms with E-state index >= 15 is 0 Å². The molecule has 1 saturated carbocycles. The SMILES string of the molecule is O=C(Nc1c[nH]c2cc(F)c(F)cc12)C1CC(Oc2ccccc2)C1. The number of benzene rings is 2. The normalized spacial score (nSPS) is 19.4. The summed E-state index contributed by atoms with van der Waals surface area (Å²) in [5, 5.41) is 3.23. The standard InChI is InChI=1S/C19H16F2N2O2/c20-15-8-14-17(9-16(15)21)22-10-18(14)23-19(24)11-6-13(7-11)25-12-4-2-1-3-5-12/h1-5,8-11,13,22H,6-7H2,(H,23,24). The van der Waals surface area contributed by atoms with E-state index in [1.54, 1.807) is 0 Å². The summed E-state index contributed by atoms with van der Waals surface area (Å²) in [4.78, 5) is 15.2. The molecular formula is C19H16F2N2O2. The van der Waals surface area contributed by atoms with Crippen molar-refractivity contribution in [2.75, 3.05) is 5.32 Å². The van der Waals surface area contributed by atoms with Crippen molar-refractivity contribution in [1.29, 1.82) is 0 Å². The Morgan fingerprint density at radius 3 is 2.60 bits per heavy atom. The minimum absolute atomic E-state index is 0.0210. The first-order chi connectivity index (χ1) is 12.1. The Kier molecular flexibility index (Phi) is 3.87. The monoisotopic (exact) mass is 342 g/mol. The molecule has 25 heavy (non-hydrogen) atoms. The van der Waals surface area contributed by atoms with Crippen molar-refractivity contribution in [2.24, 2.45) is 5.92 Å². The summed E-state index contributed by atoms with van der Waals surface area (Å²) in [6, 6.07) is 11.6. The van der Waals surface area contributed by atoms with Crippen molar-refractivity contribution in [3.8, 4) is 5.75 Å². The Morgan fingerprint density at radius 1 is 1.12 bits per heavy atom. The van der Waals surface area contributed by atoms with E-state index in [0.29, 0.717) is 29.4 Å². The van der Waals surface area contributed by atoms with Crippen LogP contribution < -0.4 is 10.1 Å². The molecule has 4 nitrogen and oxygen atoms in total. The molecule has 128 valence electrons. The van der Waals surface area contributed by atoms with Crippen molar-refractivity contribution in [1.82, 2.24) is 4.98 Å². The topological polar surface area (TPSA) is 54.1 Å². The zero-order valence-corrected chi connectivity index (χ0v) is 13.3. The number of fused-ring (bicyclic) bond motifs is 1. The second kappa shape index (κ2) is 6.20. The predicted octanol–water partition coefficient (Wildman–Crippen LogP) is 4.24. The van der Waals surface area contributed by atoms with E-state index in [1.165, 1.54) is 6.20 Å². The van der Waals surface area contributed by atoms with E-state index in [-0.39, 0.29) is 17.9 Å². The molecule has 1 amide bonds. The van der Waals surface area contributed by atoms with Crippen molar-refractivity contribution in [3.05, 3.63) is 60.3 Å². The number of carbonyl (C=O) groups is 1. The molecule has 0 bridgehead atoms. The molecular weight excluding hydrogens is 326 g/mol. The fourth-order valence-electron chi connectivity index (χ4n) is 3.02. The fraction of sp³-hybridized carbons (Fsp3) is 0.211. The van der Waals surface area contributed by atoms with Crippen LogP contribution in [0.3, 0.4) is 0 Å². The molecule has 6 heteroatoms. The van der Waals surface area contributed by atoms with Gasteiger partial charge in [-0.05, 0) is 31.0 Å². The van der Waals surface area contributed by atoms with Gasteiger partial charge in [-0.3, -0.25) is 4.79 Å². The number of hydrogen-bond acceptors (Lipinski definition) is 2. The highest BCUT2D eigenvalue weighted by Crippen LogP contribution is 2.33. The van der Waals surface area contributed by atoms with Gasteiger partial charge in [0.2, 0.25) is 5.91 Å². The number of nitrogens with one attached hydrogen (secondary N) is 2. The van der Waals surface area contributed by atoms with Crippen molar-refractivity contribution in [2.45, 2.75) is 18.9 Å². The van der Waals surface area contributed by atoms with E-state index in [1.807, 2.05) is 30.3 Å². The van der Waals surface area contributed by atoms with Gasteiger partial charge in [-0.1, -0.05) is 18.2 Å². The maximum Gasteiger partial charge on any atom is 0.227 e. The van der Waals surface area contributed by atoms with E-state index in [4.69, 9.17) is 4.74 Å². The lowest BCUT2D eigenvalue weighted by atomic mass is 9.81. The van der Waals surface area contributed by atoms with Gasteiger partial charge in [0.25, 0.3) is 0 Å². The number of H-pyrrole nitrogens is 1. The van der Waals surface area contributed by atoms with Gasteiger partial charge < -0.3 is 15.0 Å². The number of amides is 1. The highest BCUT2D eigenvalue weighted by Gasteiger charge is 2.36. The number of para-hydroxylation sites is 1. The summed E-state index contributed by atoms with van der Waals surface area (Å²) in [6.07, 6.45) is 2.82. The summed E-state index contributed by atoms with van der Waals surface area (Å²) in [5.74, 6) is -1.36. The highest BCUT2D eigenvalue weighted by molar-refractivity contribution is 6.02. The van der Waals surface area contributed by atoms with Gasteiger partial charge in [0.05, 0.1) is 11.2 Å². The van der Waals surface area contributed by atoms with Crippen LogP contribution in [0.15, 0.2) is 48.7 Å². The lowest BCUT2D eigenvalue weighted by Gasteiger charge is -2.34. The van der Waals surface area contributed by atoms with Gasteiger partial charge in [0, 0.05) is 23.6 Å². The lowest BCUT2D eigenvalue weighted by molar-refractivity contribution is -0.125. The molecule has 1 aliphatic rings. The molecule has 3 aromatic rings. The Bertz CT molecular complexity index is 918. The minimum Gasteiger partial charge on any atom is -0.490 e. The molecule has 1 aromatic heterocycles. The fourth-order valence-corrected chi connectivity index (χ4v) is 3.02. The van der Waals surface area contributed by atoms with Crippen molar-refractivity contribution >= 4 is 22.5 Å². The number of hydrogen-bond donors (Lipinski definition) is 2. The number of anilines is 1. The lowest BCUT2D eigenvalue weighted by Crippen LogP contribution is -2.40. The molecule has 0 radical (unpaired) electrons. The van der Waals surface area contributed by atoms with E-state index in [9.17, 15) is 13.6 Å². The van der Waals surface area contributed by atoms with Crippen LogP contribution in [0.1, 0.15) is 12.8 Å². The molecule has 0 unspecified atom stereocenters. The van der Waals surface area contributed by atoms with Crippen LogP contribution >= 0.6 is 0 Å². The number of rotatable bonds is 4. The third-order valence-electron chi connectivity index (χ3n) is 4.49. The van der Waals surface area contributed by atoms with Gasteiger partial charge in [0.15, 0.2) is 11.6 Å². The van der Waals surface area contributed by atoms with Crippen LogP contribution in [0, 0.1) is 17.6 Å². The molecule has 2 aromatic carbocycles. The Morgan fingerprint density at radius 2 is 1.84 bits per heavy atom. The number of halogens is 2. The van der Waals surface area contributed by atoms with Gasteiger partial charge in [-0.2, -0.15) is 0 Å². The van der Waals surface area contributed by atoms with Crippen LogP contribution in [0.25, 0.3) is 10.9 Å². The van der Waals surface area contributed by atoms with E-state index < -0.39 is 11.6 Å². The Balaban J connectivity index is 1.38. The molecule has 1 heterocycles. The molecule has 1 aliphatic carbocycles. The third kappa shape index (κ3) is 3.07. The molecule has 0 atom stereocenters. The number of ether oxygens (including phenoxy) is 1. The van der Waals surface area contributed by atoms with Crippen molar-refractivity contribution < 1.29 is 18.3 Å². The van der Waals surface area contributed by atoms with Gasteiger partial charge >= 0.3 is 0 Å². The molecule has 0 aliphatic heterocycles. The zero-order valence-electron chi connectivity index (χ0n) is 13.3. The minimum atomic E-state index is -0.942. The maximum atomic E-state index is 13.4. The average molecular weight is 342 g/mol. The molecule has 0 spiro atoms. The summed E-state index contributed by atoms with van der Waals surface area (Å²) < 4.78 is 32.4. The van der Waals surface area contributed by atoms with Gasteiger partial charge in [0.1, 0.15) is 11.9 Å². The van der Waals surface area contributed by atoms with E-state index in [0.717, 1.165) is 17.9 Å². The summed E-state index contributed by atoms with van der Waals surface area (Å²) >= 11 is 0. The first-order valence-corrected chi connectivity index (χ1v) is 8.09. The van der Waals surface area contributed by atoms with Gasteiger partial charge in [-0.15, -0.1) is 0 Å². The Labute approximate surface area is 142 Å². The van der Waals surface area contributed by atoms with Crippen LogP contribution in [0.2, 0.25) is 0 Å². The largest absolute Gasteiger partial charge is 0.490 e. The van der Waals surface area contributed by atoms with Crippen LogP contribution in [0.5, 0.6) is 5.75 Å². The molecule has 1 fully saturated rings. The first-order valence-electron chi connectivity index (χ1n) is 8.09. The highest BCUT2D eigenvalue weighted by atomic mass is 19.2. The first kappa shape index (κ1) is 15.6.